The average Bonchev–Trinajstić information content (AvgIpc) is 2.24. The van der Waals surface area contributed by atoms with E-state index in [0.29, 0.717) is 0 Å². The maximum absolute atomic E-state index is 11.3. The summed E-state index contributed by atoms with van der Waals surface area (Å²) in [5.41, 5.74) is -0.0817. The zero-order valence-corrected chi connectivity index (χ0v) is 11.0. The molecule has 0 saturated heterocycles. The molecule has 0 fully saturated rings. The number of primary sulfonamides is 2. The standard InChI is InChI=1S/C8H12N2O6S2/c1-16-6-2-5(4-11)7(17(9,12)13)3-8(6)18(10,14)15/h2-3,11H,4H2,1H3,(H2,9,12,13)(H2,10,14,15). The lowest BCUT2D eigenvalue weighted by atomic mass is 10.2. The van der Waals surface area contributed by atoms with E-state index in [0.717, 1.165) is 12.1 Å². The molecule has 0 heterocycles. The van der Waals surface area contributed by atoms with Gasteiger partial charge in [0.1, 0.15) is 10.6 Å². The molecule has 0 bridgehead atoms. The third-order valence-electron chi connectivity index (χ3n) is 2.13. The van der Waals surface area contributed by atoms with Gasteiger partial charge < -0.3 is 9.84 Å². The molecule has 1 aromatic carbocycles. The van der Waals surface area contributed by atoms with Gasteiger partial charge in [0.2, 0.25) is 20.0 Å². The Labute approximate surface area is 104 Å². The minimum Gasteiger partial charge on any atom is -0.495 e. The molecule has 0 atom stereocenters. The lowest BCUT2D eigenvalue weighted by Gasteiger charge is -2.12. The van der Waals surface area contributed by atoms with Gasteiger partial charge in [-0.3, -0.25) is 0 Å². The van der Waals surface area contributed by atoms with Crippen LogP contribution in [0.5, 0.6) is 5.75 Å². The summed E-state index contributed by atoms with van der Waals surface area (Å²) in [4.78, 5) is -1.04. The molecule has 0 aliphatic heterocycles. The van der Waals surface area contributed by atoms with Gasteiger partial charge in [-0.1, -0.05) is 0 Å². The molecule has 8 nitrogen and oxygen atoms in total. The zero-order valence-electron chi connectivity index (χ0n) is 9.32. The number of aliphatic hydroxyl groups is 1. The van der Waals surface area contributed by atoms with Crippen molar-refractivity contribution >= 4 is 20.0 Å². The quantitative estimate of drug-likeness (QED) is 0.614. The SMILES string of the molecule is COc1cc(CO)c(S(N)(=O)=O)cc1S(N)(=O)=O. The Morgan fingerprint density at radius 2 is 1.61 bits per heavy atom. The van der Waals surface area contributed by atoms with Gasteiger partial charge >= 0.3 is 0 Å². The Balaban J connectivity index is 3.76. The van der Waals surface area contributed by atoms with Crippen molar-refractivity contribution < 1.29 is 26.7 Å². The Morgan fingerprint density at radius 3 is 1.94 bits per heavy atom. The minimum atomic E-state index is -4.19. The largest absolute Gasteiger partial charge is 0.495 e. The highest BCUT2D eigenvalue weighted by Crippen LogP contribution is 2.29. The molecule has 0 aliphatic carbocycles. The zero-order chi connectivity index (χ0) is 14.1. The summed E-state index contributed by atoms with van der Waals surface area (Å²) in [5.74, 6) is -0.172. The van der Waals surface area contributed by atoms with Crippen LogP contribution in [0.3, 0.4) is 0 Å². The van der Waals surface area contributed by atoms with Gasteiger partial charge in [-0.25, -0.2) is 27.1 Å². The van der Waals surface area contributed by atoms with Gasteiger partial charge in [-0.05, 0) is 12.1 Å². The average molecular weight is 296 g/mol. The van der Waals surface area contributed by atoms with Gasteiger partial charge in [-0.2, -0.15) is 0 Å². The molecule has 0 aliphatic rings. The number of methoxy groups -OCH3 is 1. The summed E-state index contributed by atoms with van der Waals surface area (Å²) in [6, 6.07) is 1.81. The van der Waals surface area contributed by atoms with Gasteiger partial charge in [0.05, 0.1) is 18.6 Å². The molecular formula is C8H12N2O6S2. The van der Waals surface area contributed by atoms with E-state index in [4.69, 9.17) is 20.1 Å². The van der Waals surface area contributed by atoms with Crippen LogP contribution in [-0.4, -0.2) is 29.1 Å². The van der Waals surface area contributed by atoms with Crippen molar-refractivity contribution in [3.05, 3.63) is 17.7 Å². The molecule has 0 spiro atoms. The Kier molecular flexibility index (Phi) is 3.98. The number of rotatable bonds is 4. The molecule has 0 aromatic heterocycles. The van der Waals surface area contributed by atoms with E-state index >= 15 is 0 Å². The van der Waals surface area contributed by atoms with Gasteiger partial charge in [0, 0.05) is 5.56 Å². The number of benzene rings is 1. The number of sulfonamides is 2. The number of nitrogens with two attached hydrogens (primary N) is 2. The van der Waals surface area contributed by atoms with Crippen LogP contribution in [0.1, 0.15) is 5.56 Å². The Hall–Kier alpha value is -1.20. The molecule has 0 radical (unpaired) electrons. The highest BCUT2D eigenvalue weighted by molar-refractivity contribution is 7.90. The molecule has 102 valence electrons. The fourth-order valence-electron chi connectivity index (χ4n) is 1.35. The van der Waals surface area contributed by atoms with Gasteiger partial charge in [-0.15, -0.1) is 0 Å². The van der Waals surface area contributed by atoms with E-state index in [1.807, 2.05) is 0 Å². The predicted molar refractivity (Wildman–Crippen MR) is 61.7 cm³/mol. The van der Waals surface area contributed by atoms with Crippen LogP contribution in [0.4, 0.5) is 0 Å². The summed E-state index contributed by atoms with van der Waals surface area (Å²) in [5, 5.41) is 18.9. The van der Waals surface area contributed by atoms with Crippen molar-refractivity contribution in [3.8, 4) is 5.75 Å². The molecule has 10 heteroatoms. The Bertz CT molecular complexity index is 610. The normalized spacial score (nSPS) is 12.4. The van der Waals surface area contributed by atoms with Crippen molar-refractivity contribution in [2.24, 2.45) is 10.3 Å². The number of hydrogen-bond acceptors (Lipinski definition) is 6. The first-order valence-electron chi connectivity index (χ1n) is 4.48. The van der Waals surface area contributed by atoms with E-state index in [-0.39, 0.29) is 11.3 Å². The maximum atomic E-state index is 11.3. The minimum absolute atomic E-state index is 0.0817. The van der Waals surface area contributed by atoms with E-state index in [1.54, 1.807) is 0 Å². The van der Waals surface area contributed by atoms with Crippen LogP contribution < -0.4 is 15.0 Å². The molecule has 0 saturated carbocycles. The number of hydrogen-bond donors (Lipinski definition) is 3. The second-order valence-electron chi connectivity index (χ2n) is 3.36. The number of ether oxygens (including phenoxy) is 1. The van der Waals surface area contributed by atoms with Crippen molar-refractivity contribution in [2.45, 2.75) is 16.4 Å². The van der Waals surface area contributed by atoms with Crippen LogP contribution >= 0.6 is 0 Å². The van der Waals surface area contributed by atoms with E-state index in [2.05, 4.69) is 0 Å². The number of aliphatic hydroxyl groups excluding tert-OH is 1. The van der Waals surface area contributed by atoms with Crippen LogP contribution in [-0.2, 0) is 26.7 Å². The monoisotopic (exact) mass is 296 g/mol. The highest BCUT2D eigenvalue weighted by atomic mass is 32.2. The van der Waals surface area contributed by atoms with Crippen LogP contribution in [0, 0.1) is 0 Å². The fraction of sp³-hybridized carbons (Fsp3) is 0.250. The first-order valence-corrected chi connectivity index (χ1v) is 7.58. The third kappa shape index (κ3) is 2.97. The molecule has 1 aromatic rings. The molecule has 0 unspecified atom stereocenters. The van der Waals surface area contributed by atoms with Crippen molar-refractivity contribution in [1.29, 1.82) is 0 Å². The van der Waals surface area contributed by atoms with E-state index in [9.17, 15) is 16.8 Å². The summed E-state index contributed by atoms with van der Waals surface area (Å²) in [6.07, 6.45) is 0. The summed E-state index contributed by atoms with van der Waals surface area (Å²) in [6.45, 7) is -0.646. The van der Waals surface area contributed by atoms with Gasteiger partial charge in [0.15, 0.2) is 0 Å². The molecule has 5 N–H and O–H groups in total. The highest BCUT2D eigenvalue weighted by Gasteiger charge is 2.22. The maximum Gasteiger partial charge on any atom is 0.241 e. The smallest absolute Gasteiger partial charge is 0.241 e. The van der Waals surface area contributed by atoms with Crippen molar-refractivity contribution in [1.82, 2.24) is 0 Å². The first-order chi connectivity index (χ1) is 8.11. The molecular weight excluding hydrogens is 284 g/mol. The Morgan fingerprint density at radius 1 is 1.11 bits per heavy atom. The molecule has 0 amide bonds. The lowest BCUT2D eigenvalue weighted by Crippen LogP contribution is -2.18. The topological polar surface area (TPSA) is 150 Å². The van der Waals surface area contributed by atoms with Crippen molar-refractivity contribution in [3.63, 3.8) is 0 Å². The molecule has 18 heavy (non-hydrogen) atoms. The first kappa shape index (κ1) is 14.9. The van der Waals surface area contributed by atoms with Crippen molar-refractivity contribution in [2.75, 3.05) is 7.11 Å². The second kappa shape index (κ2) is 4.82. The van der Waals surface area contributed by atoms with Crippen LogP contribution in [0.15, 0.2) is 21.9 Å². The lowest BCUT2D eigenvalue weighted by molar-refractivity contribution is 0.277. The van der Waals surface area contributed by atoms with Gasteiger partial charge in [0.25, 0.3) is 0 Å². The van der Waals surface area contributed by atoms with E-state index in [1.165, 1.54) is 7.11 Å². The van der Waals surface area contributed by atoms with Crippen LogP contribution in [0.25, 0.3) is 0 Å². The predicted octanol–water partition coefficient (Wildman–Crippen LogP) is -1.52. The summed E-state index contributed by atoms with van der Waals surface area (Å²) in [7, 11) is -7.19. The summed E-state index contributed by atoms with van der Waals surface area (Å²) >= 11 is 0. The third-order valence-corrected chi connectivity index (χ3v) is 4.06. The second-order valence-corrected chi connectivity index (χ2v) is 6.42. The fourth-order valence-corrected chi connectivity index (χ4v) is 2.90. The van der Waals surface area contributed by atoms with E-state index < -0.39 is 36.4 Å². The molecule has 1 rings (SSSR count). The van der Waals surface area contributed by atoms with Crippen LogP contribution in [0.2, 0.25) is 0 Å². The summed E-state index contributed by atoms with van der Waals surface area (Å²) < 4.78 is 49.9.